The maximum Gasteiger partial charge on any atom is 0.272 e. The first kappa shape index (κ1) is 18.3. The number of hydrogen-bond donors (Lipinski definition) is 1. The van der Waals surface area contributed by atoms with Crippen molar-refractivity contribution < 1.29 is 19.2 Å². The number of ether oxygens (including phenoxy) is 2. The Labute approximate surface area is 145 Å². The summed E-state index contributed by atoms with van der Waals surface area (Å²) >= 11 is 0. The van der Waals surface area contributed by atoms with E-state index < -0.39 is 4.92 Å². The van der Waals surface area contributed by atoms with Crippen molar-refractivity contribution in [3.63, 3.8) is 0 Å². The topological polar surface area (TPSA) is 90.7 Å². The Morgan fingerprint density at radius 3 is 2.32 bits per heavy atom. The van der Waals surface area contributed by atoms with Crippen LogP contribution in [0.15, 0.2) is 42.5 Å². The minimum Gasteiger partial charge on any atom is -0.494 e. The fourth-order valence-corrected chi connectivity index (χ4v) is 2.24. The van der Waals surface area contributed by atoms with Gasteiger partial charge in [-0.1, -0.05) is 0 Å². The van der Waals surface area contributed by atoms with Crippen LogP contribution in [0.5, 0.6) is 11.5 Å². The molecule has 7 heteroatoms. The van der Waals surface area contributed by atoms with Crippen molar-refractivity contribution in [1.82, 2.24) is 5.32 Å². The molecule has 2 rings (SSSR count). The first-order valence-electron chi connectivity index (χ1n) is 7.90. The average Bonchev–Trinajstić information content (AvgIpc) is 2.59. The molecule has 0 aliphatic rings. The number of carbonyl (C=O) groups is 1. The lowest BCUT2D eigenvalue weighted by Gasteiger charge is -2.09. The third-order valence-electron chi connectivity index (χ3n) is 3.45. The summed E-state index contributed by atoms with van der Waals surface area (Å²) < 4.78 is 10.9. The summed E-state index contributed by atoms with van der Waals surface area (Å²) in [6.45, 7) is 4.76. The Balaban J connectivity index is 1.80. The van der Waals surface area contributed by atoms with Crippen molar-refractivity contribution in [2.24, 2.45) is 0 Å². The molecule has 2 aromatic rings. The quantitative estimate of drug-likeness (QED) is 0.451. The van der Waals surface area contributed by atoms with Crippen LogP contribution >= 0.6 is 0 Å². The van der Waals surface area contributed by atoms with Gasteiger partial charge in [-0.25, -0.2) is 0 Å². The van der Waals surface area contributed by atoms with Crippen molar-refractivity contribution in [2.45, 2.75) is 13.8 Å². The molecule has 0 spiro atoms. The molecule has 0 aromatic heterocycles. The molecule has 2 aromatic carbocycles. The van der Waals surface area contributed by atoms with Crippen LogP contribution in [0.4, 0.5) is 5.69 Å². The molecular weight excluding hydrogens is 324 g/mol. The maximum absolute atomic E-state index is 12.1. The largest absolute Gasteiger partial charge is 0.494 e. The lowest BCUT2D eigenvalue weighted by Crippen LogP contribution is -2.28. The normalized spacial score (nSPS) is 10.2. The predicted octanol–water partition coefficient (Wildman–Crippen LogP) is 3.11. The molecule has 0 radical (unpaired) electrons. The van der Waals surface area contributed by atoms with E-state index in [-0.39, 0.29) is 11.6 Å². The number of nitro groups is 1. The molecule has 1 N–H and O–H groups in total. The van der Waals surface area contributed by atoms with Gasteiger partial charge in [0, 0.05) is 17.2 Å². The van der Waals surface area contributed by atoms with Gasteiger partial charge in [-0.3, -0.25) is 14.9 Å². The second kappa shape index (κ2) is 8.68. The number of benzene rings is 2. The molecule has 132 valence electrons. The van der Waals surface area contributed by atoms with Gasteiger partial charge < -0.3 is 14.8 Å². The van der Waals surface area contributed by atoms with Crippen molar-refractivity contribution >= 4 is 11.6 Å². The van der Waals surface area contributed by atoms with Crippen molar-refractivity contribution in [1.29, 1.82) is 0 Å². The maximum atomic E-state index is 12.1. The van der Waals surface area contributed by atoms with E-state index in [1.807, 2.05) is 19.1 Å². The van der Waals surface area contributed by atoms with E-state index in [2.05, 4.69) is 5.32 Å². The highest BCUT2D eigenvalue weighted by atomic mass is 16.6. The fourth-order valence-electron chi connectivity index (χ4n) is 2.24. The summed E-state index contributed by atoms with van der Waals surface area (Å²) in [7, 11) is 0. The lowest BCUT2D eigenvalue weighted by molar-refractivity contribution is -0.385. The standard InChI is InChI=1S/C18H20N2O5/c1-3-24-15-5-7-16(8-6-15)25-11-10-19-18(21)14-4-9-17(20(22)23)13(2)12-14/h4-9,12H,3,10-11H2,1-2H3,(H,19,21). The second-order valence-corrected chi connectivity index (χ2v) is 5.27. The Morgan fingerprint density at radius 2 is 1.76 bits per heavy atom. The molecule has 0 saturated heterocycles. The molecule has 0 unspecified atom stereocenters. The van der Waals surface area contributed by atoms with Crippen LogP contribution in [0, 0.1) is 17.0 Å². The molecule has 0 bridgehead atoms. The number of aryl methyl sites for hydroxylation is 1. The smallest absolute Gasteiger partial charge is 0.272 e. The van der Waals surface area contributed by atoms with Crippen LogP contribution in [0.1, 0.15) is 22.8 Å². The highest BCUT2D eigenvalue weighted by Crippen LogP contribution is 2.19. The Hall–Kier alpha value is -3.09. The monoisotopic (exact) mass is 344 g/mol. The molecule has 1 amide bonds. The summed E-state index contributed by atoms with van der Waals surface area (Å²) in [6.07, 6.45) is 0. The fraction of sp³-hybridized carbons (Fsp3) is 0.278. The number of amides is 1. The third kappa shape index (κ3) is 5.20. The summed E-state index contributed by atoms with van der Waals surface area (Å²) in [4.78, 5) is 22.4. The summed E-state index contributed by atoms with van der Waals surface area (Å²) in [5, 5.41) is 13.5. The van der Waals surface area contributed by atoms with E-state index in [0.717, 1.165) is 5.75 Å². The zero-order chi connectivity index (χ0) is 18.2. The number of nitrogens with zero attached hydrogens (tertiary/aromatic N) is 1. The van der Waals surface area contributed by atoms with E-state index in [9.17, 15) is 14.9 Å². The zero-order valence-electron chi connectivity index (χ0n) is 14.2. The molecule has 0 aliphatic heterocycles. The number of nitrogens with one attached hydrogen (secondary N) is 1. The second-order valence-electron chi connectivity index (χ2n) is 5.27. The van der Waals surface area contributed by atoms with Crippen molar-refractivity contribution in [3.05, 3.63) is 63.7 Å². The van der Waals surface area contributed by atoms with Crippen LogP contribution in [-0.2, 0) is 0 Å². The lowest BCUT2D eigenvalue weighted by atomic mass is 10.1. The molecule has 25 heavy (non-hydrogen) atoms. The summed E-state index contributed by atoms with van der Waals surface area (Å²) in [6, 6.07) is 11.5. The van der Waals surface area contributed by atoms with Gasteiger partial charge >= 0.3 is 0 Å². The van der Waals surface area contributed by atoms with Gasteiger partial charge in [-0.05, 0) is 50.2 Å². The van der Waals surface area contributed by atoms with Crippen LogP contribution < -0.4 is 14.8 Å². The Bertz CT molecular complexity index is 744. The number of carbonyl (C=O) groups excluding carboxylic acids is 1. The highest BCUT2D eigenvalue weighted by Gasteiger charge is 2.13. The van der Waals surface area contributed by atoms with E-state index >= 15 is 0 Å². The number of nitro benzene ring substituents is 1. The van der Waals surface area contributed by atoms with Crippen molar-refractivity contribution in [2.75, 3.05) is 19.8 Å². The highest BCUT2D eigenvalue weighted by molar-refractivity contribution is 5.94. The van der Waals surface area contributed by atoms with E-state index in [1.165, 1.54) is 18.2 Å². The number of hydrogen-bond acceptors (Lipinski definition) is 5. The van der Waals surface area contributed by atoms with Crippen LogP contribution in [-0.4, -0.2) is 30.6 Å². The van der Waals surface area contributed by atoms with Gasteiger partial charge in [0.05, 0.1) is 18.1 Å². The molecule has 0 saturated carbocycles. The van der Waals surface area contributed by atoms with Gasteiger partial charge in [0.15, 0.2) is 0 Å². The Morgan fingerprint density at radius 1 is 1.12 bits per heavy atom. The molecule has 0 aliphatic carbocycles. The van der Waals surface area contributed by atoms with Gasteiger partial charge in [0.25, 0.3) is 11.6 Å². The van der Waals surface area contributed by atoms with Gasteiger partial charge in [0.1, 0.15) is 18.1 Å². The molecule has 0 heterocycles. The predicted molar refractivity (Wildman–Crippen MR) is 93.3 cm³/mol. The Kier molecular flexibility index (Phi) is 6.33. The van der Waals surface area contributed by atoms with Gasteiger partial charge in [-0.2, -0.15) is 0 Å². The SMILES string of the molecule is CCOc1ccc(OCCNC(=O)c2ccc([N+](=O)[O-])c(C)c2)cc1. The summed E-state index contributed by atoms with van der Waals surface area (Å²) in [5.41, 5.74) is 0.822. The minimum atomic E-state index is -0.471. The molecule has 0 fully saturated rings. The van der Waals surface area contributed by atoms with Crippen molar-refractivity contribution in [3.8, 4) is 11.5 Å². The first-order valence-corrected chi connectivity index (χ1v) is 7.90. The van der Waals surface area contributed by atoms with E-state index in [4.69, 9.17) is 9.47 Å². The molecule has 7 nitrogen and oxygen atoms in total. The van der Waals surface area contributed by atoms with Gasteiger partial charge in [-0.15, -0.1) is 0 Å². The zero-order valence-corrected chi connectivity index (χ0v) is 14.2. The first-order chi connectivity index (χ1) is 12.0. The van der Waals surface area contributed by atoms with Crippen LogP contribution in [0.25, 0.3) is 0 Å². The molecule has 0 atom stereocenters. The van der Waals surface area contributed by atoms with Crippen LogP contribution in [0.3, 0.4) is 0 Å². The van der Waals surface area contributed by atoms with Crippen LogP contribution in [0.2, 0.25) is 0 Å². The molecular formula is C18H20N2O5. The number of rotatable bonds is 8. The third-order valence-corrected chi connectivity index (χ3v) is 3.45. The van der Waals surface area contributed by atoms with E-state index in [0.29, 0.717) is 36.6 Å². The summed E-state index contributed by atoms with van der Waals surface area (Å²) in [5.74, 6) is 1.16. The minimum absolute atomic E-state index is 0.00428. The van der Waals surface area contributed by atoms with Gasteiger partial charge in [0.2, 0.25) is 0 Å². The average molecular weight is 344 g/mol. The van der Waals surface area contributed by atoms with E-state index in [1.54, 1.807) is 19.1 Å².